The van der Waals surface area contributed by atoms with Crippen molar-refractivity contribution in [2.75, 3.05) is 0 Å². The van der Waals surface area contributed by atoms with Gasteiger partial charge in [-0.15, -0.1) is 21.5 Å². The number of hydrogen-bond donors (Lipinski definition) is 0. The van der Waals surface area contributed by atoms with E-state index in [1.165, 1.54) is 32.9 Å². The summed E-state index contributed by atoms with van der Waals surface area (Å²) in [4.78, 5) is 29.7. The lowest BCUT2D eigenvalue weighted by Gasteiger charge is -2.08. The maximum Gasteiger partial charge on any atom is 0.272 e. The smallest absolute Gasteiger partial charge is 0.272 e. The van der Waals surface area contributed by atoms with E-state index in [1.54, 1.807) is 17.5 Å². The van der Waals surface area contributed by atoms with Gasteiger partial charge in [-0.3, -0.25) is 23.1 Å². The molecule has 0 atom stereocenters. The van der Waals surface area contributed by atoms with Crippen LogP contribution in [0.1, 0.15) is 5.82 Å². The summed E-state index contributed by atoms with van der Waals surface area (Å²) in [7, 11) is 1.64. The van der Waals surface area contributed by atoms with Crippen LogP contribution in [-0.2, 0) is 13.6 Å². The van der Waals surface area contributed by atoms with Gasteiger partial charge in [-0.25, -0.2) is 4.98 Å². The Hall–Kier alpha value is -2.75. The van der Waals surface area contributed by atoms with E-state index in [4.69, 9.17) is 23.2 Å². The summed E-state index contributed by atoms with van der Waals surface area (Å²) in [5.74, 6) is 0.907. The van der Waals surface area contributed by atoms with Crippen molar-refractivity contribution in [1.29, 1.82) is 0 Å². The first-order valence-electron chi connectivity index (χ1n) is 8.10. The van der Waals surface area contributed by atoms with Gasteiger partial charge in [-0.05, 0) is 23.6 Å². The topological polar surface area (TPSA) is 87.1 Å². The first-order valence-corrected chi connectivity index (χ1v) is 9.73. The molecule has 1 aromatic carbocycles. The van der Waals surface area contributed by atoms with Gasteiger partial charge in [-0.1, -0.05) is 23.2 Å². The molecule has 4 heterocycles. The second-order valence-electron chi connectivity index (χ2n) is 6.21. The van der Waals surface area contributed by atoms with Crippen LogP contribution in [0.15, 0.2) is 39.5 Å². The predicted octanol–water partition coefficient (Wildman–Crippen LogP) is 2.71. The number of nitrogens with zero attached hydrogens (tertiary/aromatic N) is 6. The van der Waals surface area contributed by atoms with Crippen LogP contribution in [0.4, 0.5) is 0 Å². The minimum Gasteiger partial charge on any atom is -0.291 e. The number of thiophene rings is 1. The van der Waals surface area contributed by atoms with Crippen LogP contribution in [-0.4, -0.2) is 28.7 Å². The minimum atomic E-state index is -0.294. The number of aryl methyl sites for hydroxylation is 1. The summed E-state index contributed by atoms with van der Waals surface area (Å²) in [6, 6.07) is 4.92. The molecule has 0 bridgehead atoms. The normalized spacial score (nSPS) is 11.8. The number of benzene rings is 1. The average molecular weight is 433 g/mol. The molecule has 28 heavy (non-hydrogen) atoms. The summed E-state index contributed by atoms with van der Waals surface area (Å²) >= 11 is 13.5. The van der Waals surface area contributed by atoms with Gasteiger partial charge in [0.1, 0.15) is 4.70 Å². The van der Waals surface area contributed by atoms with Crippen molar-refractivity contribution in [3.05, 3.63) is 66.5 Å². The molecule has 140 valence electrons. The molecule has 0 saturated heterocycles. The van der Waals surface area contributed by atoms with Crippen molar-refractivity contribution >= 4 is 61.4 Å². The third-order valence-electron chi connectivity index (χ3n) is 4.55. The molecule has 5 aromatic rings. The lowest BCUT2D eigenvalue weighted by Crippen LogP contribution is -2.23. The molecular weight excluding hydrogens is 423 g/mol. The molecule has 0 amide bonds. The van der Waals surface area contributed by atoms with Crippen molar-refractivity contribution in [1.82, 2.24) is 28.7 Å². The molecule has 0 aliphatic heterocycles. The molecule has 4 aromatic heterocycles. The van der Waals surface area contributed by atoms with Crippen molar-refractivity contribution in [3.8, 4) is 0 Å². The van der Waals surface area contributed by atoms with E-state index in [2.05, 4.69) is 15.2 Å². The quantitative estimate of drug-likeness (QED) is 0.427. The Morgan fingerprint density at radius 1 is 1.14 bits per heavy atom. The highest BCUT2D eigenvalue weighted by atomic mass is 35.5. The number of fused-ring (bicyclic) bond motifs is 4. The molecule has 0 fully saturated rings. The van der Waals surface area contributed by atoms with Gasteiger partial charge < -0.3 is 0 Å². The van der Waals surface area contributed by atoms with E-state index >= 15 is 0 Å². The van der Waals surface area contributed by atoms with E-state index in [-0.39, 0.29) is 17.7 Å². The number of aromatic nitrogens is 6. The molecule has 5 rings (SSSR count). The Labute approximate surface area is 170 Å². The second kappa shape index (κ2) is 6.13. The van der Waals surface area contributed by atoms with E-state index in [0.717, 1.165) is 0 Å². The Bertz CT molecular complexity index is 1530. The molecule has 0 radical (unpaired) electrons. The zero-order valence-electron chi connectivity index (χ0n) is 14.3. The van der Waals surface area contributed by atoms with Crippen molar-refractivity contribution < 1.29 is 0 Å². The van der Waals surface area contributed by atoms with Crippen LogP contribution in [0.5, 0.6) is 0 Å². The fourth-order valence-corrected chi connectivity index (χ4v) is 4.61. The molecular formula is C17H10Cl2N6O2S. The molecule has 8 nitrogen and oxygen atoms in total. The predicted molar refractivity (Wildman–Crippen MR) is 109 cm³/mol. The van der Waals surface area contributed by atoms with Gasteiger partial charge >= 0.3 is 0 Å². The minimum absolute atomic E-state index is 0.121. The average Bonchev–Trinajstić information content (AvgIpc) is 3.29. The third kappa shape index (κ3) is 2.40. The largest absolute Gasteiger partial charge is 0.291 e. The standard InChI is InChI=1S/C17H10Cl2N6O2S/c1-23-16(27)14-11(2-3-28-14)25-12(21-22-17(23)25)6-24-7-20-13-9(15(24)26)4-8(18)5-10(13)19/h2-5,7H,6H2,1H3. The van der Waals surface area contributed by atoms with E-state index < -0.39 is 0 Å². The first kappa shape index (κ1) is 17.4. The number of hydrogen-bond acceptors (Lipinski definition) is 6. The van der Waals surface area contributed by atoms with Crippen molar-refractivity contribution in [2.45, 2.75) is 6.54 Å². The number of rotatable bonds is 2. The molecule has 11 heteroatoms. The number of halogens is 2. The highest BCUT2D eigenvalue weighted by Gasteiger charge is 2.17. The van der Waals surface area contributed by atoms with Crippen LogP contribution in [0.25, 0.3) is 26.9 Å². The molecule has 0 unspecified atom stereocenters. The maximum atomic E-state index is 12.9. The van der Waals surface area contributed by atoms with Crippen LogP contribution in [0.2, 0.25) is 10.0 Å². The summed E-state index contributed by atoms with van der Waals surface area (Å²) in [5, 5.41) is 11.2. The van der Waals surface area contributed by atoms with Gasteiger partial charge in [0.15, 0.2) is 5.82 Å². The van der Waals surface area contributed by atoms with Crippen LogP contribution >= 0.6 is 34.5 Å². The fourth-order valence-electron chi connectivity index (χ4n) is 3.22. The van der Waals surface area contributed by atoms with Crippen LogP contribution in [0, 0.1) is 0 Å². The van der Waals surface area contributed by atoms with Crippen LogP contribution in [0.3, 0.4) is 0 Å². The zero-order valence-corrected chi connectivity index (χ0v) is 16.6. The highest BCUT2D eigenvalue weighted by Crippen LogP contribution is 2.24. The fraction of sp³-hybridized carbons (Fsp3) is 0.118. The second-order valence-corrected chi connectivity index (χ2v) is 7.97. The Morgan fingerprint density at radius 3 is 2.79 bits per heavy atom. The van der Waals surface area contributed by atoms with E-state index in [1.807, 2.05) is 11.4 Å². The van der Waals surface area contributed by atoms with Gasteiger partial charge in [0.25, 0.3) is 11.1 Å². The molecule has 0 saturated carbocycles. The van der Waals surface area contributed by atoms with E-state index in [9.17, 15) is 9.59 Å². The van der Waals surface area contributed by atoms with Gasteiger partial charge in [-0.2, -0.15) is 0 Å². The molecule has 0 spiro atoms. The van der Waals surface area contributed by atoms with Gasteiger partial charge in [0.05, 0.1) is 34.3 Å². The summed E-state index contributed by atoms with van der Waals surface area (Å²) < 4.78 is 5.22. The maximum absolute atomic E-state index is 12.9. The lowest BCUT2D eigenvalue weighted by atomic mass is 10.2. The van der Waals surface area contributed by atoms with Gasteiger partial charge in [0, 0.05) is 12.1 Å². The lowest BCUT2D eigenvalue weighted by molar-refractivity contribution is 0.701. The molecule has 0 aliphatic rings. The Kier molecular flexibility index (Phi) is 3.80. The summed E-state index contributed by atoms with van der Waals surface area (Å²) in [6.45, 7) is 0.121. The third-order valence-corrected chi connectivity index (χ3v) is 5.95. The summed E-state index contributed by atoms with van der Waals surface area (Å²) in [6.07, 6.45) is 1.41. The molecule has 0 aliphatic carbocycles. The highest BCUT2D eigenvalue weighted by molar-refractivity contribution is 7.17. The summed E-state index contributed by atoms with van der Waals surface area (Å²) in [5.41, 5.74) is 0.667. The Balaban J connectivity index is 1.74. The first-order chi connectivity index (χ1) is 13.5. The Morgan fingerprint density at radius 2 is 1.96 bits per heavy atom. The molecule has 0 N–H and O–H groups in total. The van der Waals surface area contributed by atoms with E-state index in [0.29, 0.717) is 42.8 Å². The SMILES string of the molecule is Cn1c(=O)c2sccc2n2c(Cn3cnc4c(Cl)cc(Cl)cc4c3=O)nnc12. The zero-order chi connectivity index (χ0) is 19.6. The van der Waals surface area contributed by atoms with Crippen molar-refractivity contribution in [3.63, 3.8) is 0 Å². The van der Waals surface area contributed by atoms with Crippen molar-refractivity contribution in [2.24, 2.45) is 7.05 Å². The van der Waals surface area contributed by atoms with Crippen LogP contribution < -0.4 is 11.1 Å². The van der Waals surface area contributed by atoms with Gasteiger partial charge in [0.2, 0.25) is 5.78 Å². The monoisotopic (exact) mass is 432 g/mol.